The predicted molar refractivity (Wildman–Crippen MR) is 104 cm³/mol. The molecular weight excluding hydrogens is 347 g/mol. The minimum absolute atomic E-state index is 0.170. The van der Waals surface area contributed by atoms with Crippen LogP contribution in [0.2, 0.25) is 0 Å². The Balaban J connectivity index is 1.89. The molecular formula is C20H19FN4S. The van der Waals surface area contributed by atoms with Crippen LogP contribution in [0.4, 0.5) is 10.1 Å². The van der Waals surface area contributed by atoms with Crippen LogP contribution in [-0.2, 0) is 7.05 Å². The van der Waals surface area contributed by atoms with Gasteiger partial charge >= 0.3 is 0 Å². The predicted octanol–water partition coefficient (Wildman–Crippen LogP) is 4.04. The molecule has 1 fully saturated rings. The van der Waals surface area contributed by atoms with Crippen LogP contribution in [0.5, 0.6) is 0 Å². The highest BCUT2D eigenvalue weighted by Gasteiger charge is 2.42. The average Bonchev–Trinajstić information content (AvgIpc) is 3.16. The number of aromatic nitrogens is 2. The Morgan fingerprint density at radius 2 is 1.85 bits per heavy atom. The van der Waals surface area contributed by atoms with Gasteiger partial charge in [0.2, 0.25) is 0 Å². The molecule has 1 N–H and O–H groups in total. The molecule has 26 heavy (non-hydrogen) atoms. The molecule has 4 rings (SSSR count). The van der Waals surface area contributed by atoms with Gasteiger partial charge in [0.05, 0.1) is 17.4 Å². The van der Waals surface area contributed by atoms with Gasteiger partial charge in [0.1, 0.15) is 11.9 Å². The number of hydrogen-bond donors (Lipinski definition) is 1. The van der Waals surface area contributed by atoms with E-state index in [1.54, 1.807) is 18.3 Å². The second-order valence-electron chi connectivity index (χ2n) is 6.41. The van der Waals surface area contributed by atoms with E-state index in [1.807, 2.05) is 43.1 Å². The standard InChI is InChI=1S/C20H19FN4S/c1-13-10-11-17(24(13)2)19-18(15-8-5-6-12-22-15)23-20(26)25(19)16-9-4-3-7-14(16)21/h3-12,18-19H,1-2H3,(H,23,26)/t18-,19-/m1/s1. The zero-order valence-electron chi connectivity index (χ0n) is 14.6. The third-order valence-corrected chi connectivity index (χ3v) is 5.24. The summed E-state index contributed by atoms with van der Waals surface area (Å²) in [6, 6.07) is 16.3. The number of nitrogens with one attached hydrogen (secondary N) is 1. The third kappa shape index (κ3) is 2.66. The summed E-state index contributed by atoms with van der Waals surface area (Å²) in [6.45, 7) is 2.05. The van der Waals surface area contributed by atoms with Crippen molar-refractivity contribution in [3.8, 4) is 0 Å². The van der Waals surface area contributed by atoms with Crippen molar-refractivity contribution in [2.45, 2.75) is 19.0 Å². The molecule has 2 atom stereocenters. The molecule has 4 nitrogen and oxygen atoms in total. The molecule has 0 saturated carbocycles. The quantitative estimate of drug-likeness (QED) is 0.709. The molecule has 1 aliphatic heterocycles. The lowest BCUT2D eigenvalue weighted by atomic mass is 10.0. The molecule has 0 bridgehead atoms. The van der Waals surface area contributed by atoms with Crippen LogP contribution in [0.25, 0.3) is 0 Å². The van der Waals surface area contributed by atoms with E-state index in [1.165, 1.54) is 6.07 Å². The summed E-state index contributed by atoms with van der Waals surface area (Å²) < 4.78 is 16.7. The zero-order chi connectivity index (χ0) is 18.3. The van der Waals surface area contributed by atoms with Crippen molar-refractivity contribution in [1.29, 1.82) is 0 Å². The molecule has 6 heteroatoms. The van der Waals surface area contributed by atoms with Crippen LogP contribution in [0, 0.1) is 12.7 Å². The van der Waals surface area contributed by atoms with Crippen molar-refractivity contribution in [3.05, 3.63) is 83.7 Å². The Kier molecular flexibility index (Phi) is 4.20. The first-order valence-corrected chi connectivity index (χ1v) is 8.86. The van der Waals surface area contributed by atoms with Gasteiger partial charge in [-0.2, -0.15) is 0 Å². The van der Waals surface area contributed by atoms with Gasteiger partial charge in [0.25, 0.3) is 0 Å². The Bertz CT molecular complexity index is 953. The number of halogens is 1. The maximum absolute atomic E-state index is 14.6. The van der Waals surface area contributed by atoms with Crippen LogP contribution in [0.15, 0.2) is 60.8 Å². The lowest BCUT2D eigenvalue weighted by molar-refractivity contribution is 0.532. The van der Waals surface area contributed by atoms with Gasteiger partial charge in [-0.15, -0.1) is 0 Å². The second-order valence-corrected chi connectivity index (χ2v) is 6.79. The molecule has 3 heterocycles. The smallest absolute Gasteiger partial charge is 0.174 e. The van der Waals surface area contributed by atoms with E-state index in [0.29, 0.717) is 10.8 Å². The molecule has 3 aromatic rings. The van der Waals surface area contributed by atoms with E-state index in [2.05, 4.69) is 27.0 Å². The van der Waals surface area contributed by atoms with E-state index in [9.17, 15) is 4.39 Å². The minimum Gasteiger partial charge on any atom is -0.351 e. The molecule has 0 spiro atoms. The van der Waals surface area contributed by atoms with Gasteiger partial charge in [-0.05, 0) is 55.5 Å². The summed E-state index contributed by atoms with van der Waals surface area (Å²) in [4.78, 5) is 6.37. The van der Waals surface area contributed by atoms with Crippen molar-refractivity contribution in [1.82, 2.24) is 14.9 Å². The molecule has 132 valence electrons. The highest BCUT2D eigenvalue weighted by Crippen LogP contribution is 2.42. The normalized spacial score (nSPS) is 19.7. The zero-order valence-corrected chi connectivity index (χ0v) is 15.4. The third-order valence-electron chi connectivity index (χ3n) is 4.92. The van der Waals surface area contributed by atoms with Crippen molar-refractivity contribution >= 4 is 23.0 Å². The van der Waals surface area contributed by atoms with Crippen LogP contribution < -0.4 is 10.2 Å². The van der Waals surface area contributed by atoms with Crippen LogP contribution in [0.3, 0.4) is 0 Å². The number of para-hydroxylation sites is 1. The summed E-state index contributed by atoms with van der Waals surface area (Å²) in [6.07, 6.45) is 1.76. The number of thiocarbonyl (C=S) groups is 1. The maximum atomic E-state index is 14.6. The molecule has 0 unspecified atom stereocenters. The van der Waals surface area contributed by atoms with Crippen LogP contribution >= 0.6 is 12.2 Å². The average molecular weight is 366 g/mol. The Hall–Kier alpha value is -2.73. The number of hydrogen-bond acceptors (Lipinski definition) is 2. The molecule has 0 amide bonds. The van der Waals surface area contributed by atoms with E-state index in [0.717, 1.165) is 17.1 Å². The van der Waals surface area contributed by atoms with Crippen molar-refractivity contribution < 1.29 is 4.39 Å². The van der Waals surface area contributed by atoms with Gasteiger partial charge < -0.3 is 14.8 Å². The number of pyridine rings is 1. The lowest BCUT2D eigenvalue weighted by Crippen LogP contribution is -2.31. The number of rotatable bonds is 3. The number of aryl methyl sites for hydroxylation is 1. The molecule has 2 aromatic heterocycles. The van der Waals surface area contributed by atoms with Crippen LogP contribution in [0.1, 0.15) is 29.2 Å². The van der Waals surface area contributed by atoms with Crippen molar-refractivity contribution in [3.63, 3.8) is 0 Å². The first-order chi connectivity index (χ1) is 12.6. The SMILES string of the molecule is Cc1ccc([C@@H]2[C@@H](c3ccccn3)NC(=S)N2c2ccccc2F)n1C. The summed E-state index contributed by atoms with van der Waals surface area (Å²) in [7, 11) is 2.01. The first-order valence-electron chi connectivity index (χ1n) is 8.45. The molecule has 1 aromatic carbocycles. The van der Waals surface area contributed by atoms with Gasteiger partial charge in [0, 0.05) is 24.6 Å². The molecule has 0 aliphatic carbocycles. The fraction of sp³-hybridized carbons (Fsp3) is 0.200. The van der Waals surface area contributed by atoms with E-state index in [4.69, 9.17) is 12.2 Å². The number of anilines is 1. The summed E-state index contributed by atoms with van der Waals surface area (Å²) in [5.41, 5.74) is 3.52. The topological polar surface area (TPSA) is 33.1 Å². The summed E-state index contributed by atoms with van der Waals surface area (Å²) in [5, 5.41) is 3.84. The lowest BCUT2D eigenvalue weighted by Gasteiger charge is -2.28. The van der Waals surface area contributed by atoms with Gasteiger partial charge in [-0.1, -0.05) is 18.2 Å². The number of nitrogens with zero attached hydrogens (tertiary/aromatic N) is 3. The Morgan fingerprint density at radius 1 is 1.08 bits per heavy atom. The summed E-state index contributed by atoms with van der Waals surface area (Å²) >= 11 is 5.60. The number of benzene rings is 1. The van der Waals surface area contributed by atoms with Crippen molar-refractivity contribution in [2.24, 2.45) is 7.05 Å². The maximum Gasteiger partial charge on any atom is 0.174 e. The Morgan fingerprint density at radius 3 is 2.50 bits per heavy atom. The Labute approximate surface area is 157 Å². The molecule has 0 radical (unpaired) electrons. The van der Waals surface area contributed by atoms with Gasteiger partial charge in [0.15, 0.2) is 5.11 Å². The summed E-state index contributed by atoms with van der Waals surface area (Å²) in [5.74, 6) is -0.297. The minimum atomic E-state index is -0.297. The first kappa shape index (κ1) is 16.7. The van der Waals surface area contributed by atoms with Gasteiger partial charge in [-0.3, -0.25) is 4.98 Å². The fourth-order valence-electron chi connectivity index (χ4n) is 3.49. The second kappa shape index (κ2) is 6.53. The molecule has 1 saturated heterocycles. The highest BCUT2D eigenvalue weighted by atomic mass is 32.1. The van der Waals surface area contributed by atoms with E-state index in [-0.39, 0.29) is 17.9 Å². The van der Waals surface area contributed by atoms with Gasteiger partial charge in [-0.25, -0.2) is 4.39 Å². The monoisotopic (exact) mass is 366 g/mol. The molecule has 1 aliphatic rings. The largest absolute Gasteiger partial charge is 0.351 e. The fourth-order valence-corrected chi connectivity index (χ4v) is 3.83. The van der Waals surface area contributed by atoms with E-state index >= 15 is 0 Å². The van der Waals surface area contributed by atoms with Crippen LogP contribution in [-0.4, -0.2) is 14.7 Å². The van der Waals surface area contributed by atoms with E-state index < -0.39 is 0 Å². The van der Waals surface area contributed by atoms with Crippen molar-refractivity contribution in [2.75, 3.05) is 4.90 Å². The highest BCUT2D eigenvalue weighted by molar-refractivity contribution is 7.80.